The van der Waals surface area contributed by atoms with Crippen molar-refractivity contribution in [3.8, 4) is 22.3 Å². The Morgan fingerprint density at radius 1 is 0.473 bits per heavy atom. The van der Waals surface area contributed by atoms with Gasteiger partial charge in [-0.25, -0.2) is 0 Å². The number of hydrogen-bond acceptors (Lipinski definition) is 0. The number of fused-ring (bicyclic) bond motifs is 2. The Morgan fingerprint density at radius 3 is 1.29 bits per heavy atom. The van der Waals surface area contributed by atoms with E-state index in [4.69, 9.17) is 0 Å². The van der Waals surface area contributed by atoms with Crippen LogP contribution in [0.15, 0.2) is 109 Å². The molecule has 4 heteroatoms. The van der Waals surface area contributed by atoms with E-state index < -0.39 is 0 Å². The predicted octanol–water partition coefficient (Wildman–Crippen LogP) is 16.3. The van der Waals surface area contributed by atoms with Crippen molar-refractivity contribution in [2.45, 2.75) is 121 Å². The first-order valence-electron chi connectivity index (χ1n) is 20.0. The average Bonchev–Trinajstić information content (AvgIpc) is 3.83. The molecule has 0 N–H and O–H groups in total. The van der Waals surface area contributed by atoms with Crippen molar-refractivity contribution in [3.63, 3.8) is 0 Å². The summed E-state index contributed by atoms with van der Waals surface area (Å²) in [4.78, 5) is 0. The van der Waals surface area contributed by atoms with Gasteiger partial charge in [0.25, 0.3) is 0 Å². The third-order valence-electron chi connectivity index (χ3n) is 12.3. The van der Waals surface area contributed by atoms with Crippen molar-refractivity contribution in [2.75, 3.05) is 0 Å². The first kappa shape index (κ1) is 47.2. The van der Waals surface area contributed by atoms with Gasteiger partial charge in [-0.3, -0.25) is 0 Å². The zero-order valence-electron chi connectivity index (χ0n) is 33.5. The van der Waals surface area contributed by atoms with Gasteiger partial charge in [0.05, 0.1) is 0 Å². The summed E-state index contributed by atoms with van der Waals surface area (Å²) in [5, 5.41) is 5.60. The molecule has 3 aliphatic rings. The van der Waals surface area contributed by atoms with E-state index in [9.17, 15) is 0 Å². The van der Waals surface area contributed by atoms with Crippen molar-refractivity contribution < 1.29 is 23.3 Å². The maximum absolute atomic E-state index is 3.06. The minimum absolute atomic E-state index is 0. The molecule has 0 aliphatic heterocycles. The van der Waals surface area contributed by atoms with Crippen LogP contribution >= 0.6 is 24.8 Å². The molecule has 0 heterocycles. The van der Waals surface area contributed by atoms with Crippen LogP contribution in [-0.4, -0.2) is 6.88 Å². The second-order valence-corrected chi connectivity index (χ2v) is 15.7. The normalized spacial score (nSPS) is 16.1. The van der Waals surface area contributed by atoms with E-state index in [2.05, 4.69) is 123 Å². The molecule has 0 nitrogen and oxygen atoms in total. The fraction of sp³-hybridized carbons (Fsp3) is 0.373. The fourth-order valence-electron chi connectivity index (χ4n) is 9.56. The Labute approximate surface area is 363 Å². The Kier molecular flexibility index (Phi) is 19.9. The molecule has 3 saturated carbocycles. The van der Waals surface area contributed by atoms with Crippen LogP contribution in [0, 0.1) is 21.8 Å². The Balaban J connectivity index is 0.000000268. The number of aryl methyl sites for hydroxylation is 1. The van der Waals surface area contributed by atoms with Gasteiger partial charge in [0.2, 0.25) is 0 Å². The van der Waals surface area contributed by atoms with Crippen molar-refractivity contribution in [2.24, 2.45) is 0 Å². The zero-order chi connectivity index (χ0) is 35.0. The van der Waals surface area contributed by atoms with Crippen molar-refractivity contribution in [1.82, 2.24) is 0 Å². The molecule has 0 spiro atoms. The van der Waals surface area contributed by atoms with Gasteiger partial charge >= 0.3 is 30.2 Å². The first-order valence-corrected chi connectivity index (χ1v) is 24.2. The summed E-state index contributed by atoms with van der Waals surface area (Å²) in [6.07, 6.45) is 21.0. The van der Waals surface area contributed by atoms with Gasteiger partial charge in [-0.2, -0.15) is 12.1 Å². The Bertz CT molecular complexity index is 1990. The quantitative estimate of drug-likeness (QED) is 0.120. The minimum atomic E-state index is 0. The fourth-order valence-corrected chi connectivity index (χ4v) is 9.56. The van der Waals surface area contributed by atoms with E-state index in [1.165, 1.54) is 175 Å². The van der Waals surface area contributed by atoms with Crippen LogP contribution in [0.25, 0.3) is 43.8 Å². The van der Waals surface area contributed by atoms with Crippen LogP contribution < -0.4 is 0 Å². The predicted molar refractivity (Wildman–Crippen MR) is 245 cm³/mol. The summed E-state index contributed by atoms with van der Waals surface area (Å²) < 4.78 is 0. The second-order valence-electron chi connectivity index (χ2n) is 15.7. The molecule has 55 heavy (non-hydrogen) atoms. The van der Waals surface area contributed by atoms with E-state index in [1.54, 1.807) is 11.1 Å². The van der Waals surface area contributed by atoms with Gasteiger partial charge in [0.1, 0.15) is 0 Å². The van der Waals surface area contributed by atoms with Gasteiger partial charge in [-0.15, -0.1) is 93.9 Å². The largest absolute Gasteiger partial charge is 0.164 e. The topological polar surface area (TPSA) is 0 Å². The minimum Gasteiger partial charge on any atom is -0.164 e. The second kappa shape index (κ2) is 23.3. The molecule has 3 fully saturated rings. The van der Waals surface area contributed by atoms with E-state index in [1.807, 2.05) is 0 Å². The maximum atomic E-state index is 3.06. The number of halogens is 2. The Morgan fingerprint density at radius 2 is 0.855 bits per heavy atom. The zero-order valence-corrected chi connectivity index (χ0v) is 38.6. The molecule has 0 amide bonds. The van der Waals surface area contributed by atoms with Crippen LogP contribution in [0.1, 0.15) is 136 Å². The molecule has 6 aromatic rings. The molecular weight excluding hydrogens is 803 g/mol. The summed E-state index contributed by atoms with van der Waals surface area (Å²) in [5.41, 5.74) is 11.5. The molecule has 2 radical (unpaired) electrons. The van der Waals surface area contributed by atoms with Crippen LogP contribution in [0.4, 0.5) is 0 Å². The molecule has 0 aromatic heterocycles. The van der Waals surface area contributed by atoms with Crippen LogP contribution in [-0.2, 0) is 23.3 Å². The third kappa shape index (κ3) is 11.5. The average molecular weight is 865 g/mol. The van der Waals surface area contributed by atoms with Gasteiger partial charge < -0.3 is 14.9 Å². The summed E-state index contributed by atoms with van der Waals surface area (Å²) in [7, 11) is 0. The van der Waals surface area contributed by atoms with Crippen molar-refractivity contribution >= 4 is 53.2 Å². The SMILES string of the molecule is Cc1cc2c(-c3ccc(C4CCCCC4)cc3)cccc2[cH-]1.Cl.Cl.[CH3-].[CH3-].[Si]=[Zr].c1cc(-c2ccc(C3CCCCC3)cc2)c2cc(C3CCCCC3)[cH-]c2c1. The summed E-state index contributed by atoms with van der Waals surface area (Å²) in [6, 6.07) is 41.9. The maximum Gasteiger partial charge on any atom is -0.0162 e. The summed E-state index contributed by atoms with van der Waals surface area (Å²) >= 11 is 1.36. The number of hydrogen-bond donors (Lipinski definition) is 0. The third-order valence-corrected chi connectivity index (χ3v) is 12.3. The molecular formula is C51H62Cl2SiZr-4. The molecule has 3 aliphatic carbocycles. The summed E-state index contributed by atoms with van der Waals surface area (Å²) in [6.45, 7) is 5.24. The molecule has 9 rings (SSSR count). The van der Waals surface area contributed by atoms with Crippen LogP contribution in [0.5, 0.6) is 0 Å². The van der Waals surface area contributed by atoms with Crippen LogP contribution in [0.3, 0.4) is 0 Å². The summed E-state index contributed by atoms with van der Waals surface area (Å²) in [5.74, 6) is 2.37. The standard InChI is InChI=1S/C27H31.C22H23.2CH3.2ClH.Si.Zr/c1-3-8-20(9-4-1)22-14-16-23(17-15-22)26-13-7-12-24-18-25(19-27(24)26)21-10-5-2-6-11-21;1-16-14-20-8-5-9-21(22(20)15-16)19-12-10-18(11-13-19)17-6-3-2-4-7-17;;;;;;/h7,12-21H,1-6,8-11H2;5,8-15,17H,2-4,6-7H2,1H3;2*1H3;2*1H;;/q4*-1;;;;. The monoisotopic (exact) mass is 862 g/mol. The van der Waals surface area contributed by atoms with Gasteiger partial charge in [-0.1, -0.05) is 137 Å². The molecule has 6 aromatic carbocycles. The van der Waals surface area contributed by atoms with E-state index in [0.29, 0.717) is 0 Å². The molecule has 0 unspecified atom stereocenters. The van der Waals surface area contributed by atoms with Gasteiger partial charge in [0, 0.05) is 0 Å². The van der Waals surface area contributed by atoms with Crippen molar-refractivity contribution in [1.29, 1.82) is 0 Å². The molecule has 0 atom stereocenters. The van der Waals surface area contributed by atoms with Crippen molar-refractivity contribution in [3.05, 3.63) is 146 Å². The van der Waals surface area contributed by atoms with Gasteiger partial charge in [-0.05, 0) is 78.5 Å². The van der Waals surface area contributed by atoms with Gasteiger partial charge in [0.15, 0.2) is 0 Å². The van der Waals surface area contributed by atoms with E-state index in [-0.39, 0.29) is 39.7 Å². The number of benzene rings is 4. The molecule has 0 saturated heterocycles. The smallest absolute Gasteiger partial charge is 0.0162 e. The number of rotatable bonds is 5. The van der Waals surface area contributed by atoms with E-state index >= 15 is 0 Å². The molecule has 0 bridgehead atoms. The first-order chi connectivity index (χ1) is 25.2. The molecule has 292 valence electrons. The Hall–Kier alpha value is -2.22. The van der Waals surface area contributed by atoms with Crippen LogP contribution in [0.2, 0.25) is 0 Å². The van der Waals surface area contributed by atoms with E-state index in [0.717, 1.165) is 17.8 Å².